The monoisotopic (exact) mass is 502 g/mol. The minimum absolute atomic E-state index is 0.273. The van der Waals surface area contributed by atoms with Crippen LogP contribution in [0.1, 0.15) is 32.1 Å². The Morgan fingerprint density at radius 3 is 2.73 bits per heavy atom. The summed E-state index contributed by atoms with van der Waals surface area (Å²) in [6, 6.07) is 8.59. The molecule has 37 heavy (non-hydrogen) atoms. The van der Waals surface area contributed by atoms with E-state index in [1.165, 1.54) is 25.9 Å². The first-order chi connectivity index (χ1) is 18.2. The van der Waals surface area contributed by atoms with Crippen molar-refractivity contribution < 1.29 is 4.74 Å². The fourth-order valence-corrected chi connectivity index (χ4v) is 5.43. The van der Waals surface area contributed by atoms with E-state index in [1.807, 2.05) is 23.0 Å². The summed E-state index contributed by atoms with van der Waals surface area (Å²) in [7, 11) is 0. The Bertz CT molecular complexity index is 1310. The van der Waals surface area contributed by atoms with Crippen molar-refractivity contribution >= 4 is 17.1 Å². The van der Waals surface area contributed by atoms with Gasteiger partial charge in [-0.3, -0.25) is 4.68 Å². The first kappa shape index (κ1) is 24.0. The van der Waals surface area contributed by atoms with Crippen LogP contribution in [0.25, 0.3) is 28.0 Å². The molecule has 0 bridgehead atoms. The standard InChI is InChI=1S/C26H34N10O/c27-18-37-17-19-3-6-22(13-19)30-26-28-15-24-25(31-26)36(33-32-24)23-7-4-20(5-8-23)21-14-29-35(16-21)12-11-34-9-1-2-10-34/h4-5,7-8,14-16,19,22H,1-3,6,9-13,17-18,27H2,(H,28,30,31)/t19-,22+/m0/s1. The third kappa shape index (κ3) is 5.48. The number of nitrogens with two attached hydrogens (primary N) is 1. The molecule has 6 rings (SSSR count). The third-order valence-electron chi connectivity index (χ3n) is 7.46. The number of anilines is 1. The van der Waals surface area contributed by atoms with Gasteiger partial charge in [0.15, 0.2) is 11.2 Å². The minimum atomic E-state index is 0.273. The van der Waals surface area contributed by atoms with Gasteiger partial charge in [0.05, 0.1) is 38.0 Å². The molecule has 1 saturated carbocycles. The Balaban J connectivity index is 1.13. The van der Waals surface area contributed by atoms with Crippen molar-refractivity contribution in [3.05, 3.63) is 42.9 Å². The van der Waals surface area contributed by atoms with E-state index in [0.29, 0.717) is 35.7 Å². The zero-order valence-corrected chi connectivity index (χ0v) is 21.0. The Morgan fingerprint density at radius 2 is 1.89 bits per heavy atom. The lowest BCUT2D eigenvalue weighted by atomic mass is 10.1. The van der Waals surface area contributed by atoms with Crippen molar-refractivity contribution in [1.82, 2.24) is 39.6 Å². The van der Waals surface area contributed by atoms with E-state index >= 15 is 0 Å². The SMILES string of the molecule is NCOC[C@H]1CC[C@@H](Nc2ncc3nnn(-c4ccc(-c5cnn(CCN6CCCC6)c5)cc4)c3n2)C1. The highest BCUT2D eigenvalue weighted by Crippen LogP contribution is 2.28. The molecule has 0 radical (unpaired) electrons. The van der Waals surface area contributed by atoms with E-state index in [9.17, 15) is 0 Å². The predicted molar refractivity (Wildman–Crippen MR) is 141 cm³/mol. The first-order valence-electron chi connectivity index (χ1n) is 13.2. The van der Waals surface area contributed by atoms with Crippen LogP contribution in [0, 0.1) is 5.92 Å². The van der Waals surface area contributed by atoms with Crippen LogP contribution in [-0.4, -0.2) is 78.7 Å². The molecule has 3 N–H and O–H groups in total. The van der Waals surface area contributed by atoms with E-state index < -0.39 is 0 Å². The molecule has 0 amide bonds. The normalized spacial score (nSPS) is 20.2. The quantitative estimate of drug-likeness (QED) is 0.315. The van der Waals surface area contributed by atoms with Gasteiger partial charge in [0.25, 0.3) is 0 Å². The molecule has 2 aliphatic rings. The number of rotatable bonds is 10. The summed E-state index contributed by atoms with van der Waals surface area (Å²) in [5, 5.41) is 16.6. The average molecular weight is 503 g/mol. The van der Waals surface area contributed by atoms with Gasteiger partial charge in [-0.05, 0) is 68.8 Å². The van der Waals surface area contributed by atoms with Gasteiger partial charge in [0.1, 0.15) is 0 Å². The molecule has 0 unspecified atom stereocenters. The number of nitrogens with one attached hydrogen (secondary N) is 1. The van der Waals surface area contributed by atoms with Gasteiger partial charge in [-0.1, -0.05) is 17.3 Å². The number of hydrogen-bond acceptors (Lipinski definition) is 9. The molecule has 0 spiro atoms. The predicted octanol–water partition coefficient (Wildman–Crippen LogP) is 2.68. The molecular weight excluding hydrogens is 468 g/mol. The van der Waals surface area contributed by atoms with Gasteiger partial charge in [0.2, 0.25) is 5.95 Å². The van der Waals surface area contributed by atoms with Crippen LogP contribution in [-0.2, 0) is 11.3 Å². The number of ether oxygens (including phenoxy) is 1. The van der Waals surface area contributed by atoms with Crippen LogP contribution < -0.4 is 11.1 Å². The number of nitrogens with zero attached hydrogens (tertiary/aromatic N) is 8. The van der Waals surface area contributed by atoms with Crippen molar-refractivity contribution in [3.63, 3.8) is 0 Å². The summed E-state index contributed by atoms with van der Waals surface area (Å²) >= 11 is 0. The zero-order valence-electron chi connectivity index (χ0n) is 21.0. The number of likely N-dealkylation sites (tertiary alicyclic amines) is 1. The second kappa shape index (κ2) is 10.9. The highest BCUT2D eigenvalue weighted by Gasteiger charge is 2.25. The van der Waals surface area contributed by atoms with Crippen molar-refractivity contribution in [2.75, 3.05) is 38.3 Å². The van der Waals surface area contributed by atoms with Gasteiger partial charge in [-0.15, -0.1) is 5.10 Å². The lowest BCUT2D eigenvalue weighted by Crippen LogP contribution is -2.24. The van der Waals surface area contributed by atoms with E-state index in [1.54, 1.807) is 10.9 Å². The largest absolute Gasteiger partial charge is 0.366 e. The average Bonchev–Trinajstić information content (AvgIpc) is 3.74. The number of benzene rings is 1. The molecule has 4 heterocycles. The second-order valence-corrected chi connectivity index (χ2v) is 10.0. The van der Waals surface area contributed by atoms with Gasteiger partial charge in [-0.2, -0.15) is 14.8 Å². The maximum atomic E-state index is 5.46. The fourth-order valence-electron chi connectivity index (χ4n) is 5.43. The van der Waals surface area contributed by atoms with Gasteiger partial charge in [0, 0.05) is 24.3 Å². The van der Waals surface area contributed by atoms with Crippen LogP contribution in [0.2, 0.25) is 0 Å². The molecule has 2 atom stereocenters. The molecule has 1 saturated heterocycles. The highest BCUT2D eigenvalue weighted by atomic mass is 16.5. The highest BCUT2D eigenvalue weighted by molar-refractivity contribution is 5.72. The maximum Gasteiger partial charge on any atom is 0.225 e. The summed E-state index contributed by atoms with van der Waals surface area (Å²) in [5.74, 6) is 1.12. The minimum Gasteiger partial charge on any atom is -0.366 e. The van der Waals surface area contributed by atoms with Crippen LogP contribution in [0.5, 0.6) is 0 Å². The van der Waals surface area contributed by atoms with Gasteiger partial charge in [-0.25, -0.2) is 4.98 Å². The first-order valence-corrected chi connectivity index (χ1v) is 13.2. The summed E-state index contributed by atoms with van der Waals surface area (Å²) in [6.07, 6.45) is 11.6. The molecule has 11 heteroatoms. The zero-order chi connectivity index (χ0) is 25.0. The fraction of sp³-hybridized carbons (Fsp3) is 0.500. The molecule has 3 aromatic heterocycles. The number of fused-ring (bicyclic) bond motifs is 1. The lowest BCUT2D eigenvalue weighted by Gasteiger charge is -2.13. The topological polar surface area (TPSA) is 125 Å². The molecule has 11 nitrogen and oxygen atoms in total. The Morgan fingerprint density at radius 1 is 1.03 bits per heavy atom. The smallest absolute Gasteiger partial charge is 0.225 e. The van der Waals surface area contributed by atoms with Crippen molar-refractivity contribution in [3.8, 4) is 16.8 Å². The molecule has 4 aromatic rings. The van der Waals surface area contributed by atoms with E-state index in [0.717, 1.165) is 49.2 Å². The Hall–Kier alpha value is -3.41. The summed E-state index contributed by atoms with van der Waals surface area (Å²) in [6.45, 7) is 5.38. The van der Waals surface area contributed by atoms with Crippen LogP contribution in [0.3, 0.4) is 0 Å². The third-order valence-corrected chi connectivity index (χ3v) is 7.46. The van der Waals surface area contributed by atoms with Gasteiger partial charge < -0.3 is 20.7 Å². The van der Waals surface area contributed by atoms with E-state index in [4.69, 9.17) is 15.5 Å². The molecule has 2 fully saturated rings. The molecular formula is C26H34N10O. The number of aromatic nitrogens is 7. The molecule has 194 valence electrons. The second-order valence-electron chi connectivity index (χ2n) is 10.0. The van der Waals surface area contributed by atoms with Crippen molar-refractivity contribution in [1.29, 1.82) is 0 Å². The van der Waals surface area contributed by atoms with Crippen LogP contribution in [0.4, 0.5) is 5.95 Å². The van der Waals surface area contributed by atoms with Gasteiger partial charge >= 0.3 is 0 Å². The van der Waals surface area contributed by atoms with Crippen LogP contribution in [0.15, 0.2) is 42.9 Å². The summed E-state index contributed by atoms with van der Waals surface area (Å²) < 4.78 is 9.19. The lowest BCUT2D eigenvalue weighted by molar-refractivity contribution is 0.107. The van der Waals surface area contributed by atoms with Crippen molar-refractivity contribution in [2.24, 2.45) is 11.7 Å². The molecule has 1 aliphatic carbocycles. The van der Waals surface area contributed by atoms with Crippen LogP contribution >= 0.6 is 0 Å². The van der Waals surface area contributed by atoms with E-state index in [-0.39, 0.29) is 6.73 Å². The Labute approximate surface area is 216 Å². The summed E-state index contributed by atoms with van der Waals surface area (Å²) in [4.78, 5) is 11.7. The maximum absolute atomic E-state index is 5.46. The van der Waals surface area contributed by atoms with E-state index in [2.05, 4.69) is 48.9 Å². The molecule has 1 aliphatic heterocycles. The number of hydrogen-bond donors (Lipinski definition) is 2. The molecule has 1 aromatic carbocycles. The van der Waals surface area contributed by atoms with Crippen molar-refractivity contribution in [2.45, 2.75) is 44.7 Å². The summed E-state index contributed by atoms with van der Waals surface area (Å²) in [5.41, 5.74) is 9.93. The Kier molecular flexibility index (Phi) is 7.07.